The van der Waals surface area contributed by atoms with Crippen molar-refractivity contribution in [2.45, 2.75) is 11.1 Å². The molecule has 3 aromatic carbocycles. The third-order valence-electron chi connectivity index (χ3n) is 4.05. The zero-order valence-electron chi connectivity index (χ0n) is 16.2. The molecule has 6 nitrogen and oxygen atoms in total. The van der Waals surface area contributed by atoms with Gasteiger partial charge >= 0.3 is 6.18 Å². The van der Waals surface area contributed by atoms with E-state index in [9.17, 15) is 26.4 Å². The molecule has 0 aliphatic heterocycles. The Balaban J connectivity index is 1.61. The first-order chi connectivity index (χ1) is 15.0. The molecule has 0 aromatic heterocycles. The van der Waals surface area contributed by atoms with Gasteiger partial charge in [-0.2, -0.15) is 13.2 Å². The van der Waals surface area contributed by atoms with E-state index in [4.69, 9.17) is 4.74 Å². The second-order valence-corrected chi connectivity index (χ2v) is 9.10. The second-order valence-electron chi connectivity index (χ2n) is 6.50. The molecule has 32 heavy (non-hydrogen) atoms. The average molecular weight is 529 g/mol. The van der Waals surface area contributed by atoms with Gasteiger partial charge in [-0.15, -0.1) is 0 Å². The number of hydrogen-bond donors (Lipinski definition) is 2. The quantitative estimate of drug-likeness (QED) is 0.436. The van der Waals surface area contributed by atoms with Crippen LogP contribution < -0.4 is 14.8 Å². The van der Waals surface area contributed by atoms with Crippen LogP contribution in [0.5, 0.6) is 5.75 Å². The molecule has 0 aliphatic rings. The predicted octanol–water partition coefficient (Wildman–Crippen LogP) is 5.29. The Morgan fingerprint density at radius 1 is 0.938 bits per heavy atom. The lowest BCUT2D eigenvalue weighted by Crippen LogP contribution is -2.20. The minimum absolute atomic E-state index is 0.180. The number of carbonyl (C=O) groups is 1. The Labute approximate surface area is 190 Å². The van der Waals surface area contributed by atoms with Gasteiger partial charge in [-0.1, -0.05) is 28.1 Å². The van der Waals surface area contributed by atoms with Gasteiger partial charge in [0.05, 0.1) is 10.5 Å². The lowest BCUT2D eigenvalue weighted by atomic mass is 10.2. The van der Waals surface area contributed by atoms with E-state index in [2.05, 4.69) is 26.0 Å². The first kappa shape index (κ1) is 23.6. The van der Waals surface area contributed by atoms with Crippen LogP contribution >= 0.6 is 15.9 Å². The van der Waals surface area contributed by atoms with Gasteiger partial charge in [0.25, 0.3) is 15.9 Å². The van der Waals surface area contributed by atoms with Crippen LogP contribution in [-0.2, 0) is 21.0 Å². The number of benzene rings is 3. The van der Waals surface area contributed by atoms with Gasteiger partial charge in [-0.05, 0) is 60.7 Å². The molecule has 11 heteroatoms. The highest BCUT2D eigenvalue weighted by Crippen LogP contribution is 2.31. The first-order valence-electron chi connectivity index (χ1n) is 9.01. The Kier molecular flexibility index (Phi) is 7.09. The fourth-order valence-corrected chi connectivity index (χ4v) is 4.05. The third kappa shape index (κ3) is 6.47. The van der Waals surface area contributed by atoms with Crippen molar-refractivity contribution in [3.63, 3.8) is 0 Å². The molecular formula is C21H16BrF3N2O4S. The summed E-state index contributed by atoms with van der Waals surface area (Å²) in [5.74, 6) is -0.168. The molecule has 168 valence electrons. The molecular weight excluding hydrogens is 513 g/mol. The van der Waals surface area contributed by atoms with Crippen molar-refractivity contribution in [1.82, 2.24) is 0 Å². The van der Waals surface area contributed by atoms with Crippen molar-refractivity contribution < 1.29 is 31.1 Å². The van der Waals surface area contributed by atoms with Crippen LogP contribution in [0, 0.1) is 0 Å². The van der Waals surface area contributed by atoms with E-state index in [-0.39, 0.29) is 22.9 Å². The molecule has 0 fully saturated rings. The molecule has 0 heterocycles. The van der Waals surface area contributed by atoms with Crippen LogP contribution in [0.1, 0.15) is 5.56 Å². The van der Waals surface area contributed by atoms with E-state index in [0.717, 1.165) is 16.6 Å². The van der Waals surface area contributed by atoms with Gasteiger partial charge in [-0.3, -0.25) is 9.52 Å². The molecule has 0 unspecified atom stereocenters. The van der Waals surface area contributed by atoms with Gasteiger partial charge < -0.3 is 10.1 Å². The molecule has 0 bridgehead atoms. The fourth-order valence-electron chi connectivity index (χ4n) is 2.60. The summed E-state index contributed by atoms with van der Waals surface area (Å²) in [4.78, 5) is 11.8. The summed E-state index contributed by atoms with van der Waals surface area (Å²) in [6.45, 7) is -0.304. The van der Waals surface area contributed by atoms with E-state index in [1.165, 1.54) is 30.3 Å². The normalized spacial score (nSPS) is 11.6. The summed E-state index contributed by atoms with van der Waals surface area (Å²) in [6, 6.07) is 16.0. The maximum absolute atomic E-state index is 12.8. The molecule has 3 aromatic rings. The summed E-state index contributed by atoms with van der Waals surface area (Å²) < 4.78 is 71.6. The van der Waals surface area contributed by atoms with Crippen LogP contribution in [0.3, 0.4) is 0 Å². The van der Waals surface area contributed by atoms with Crippen molar-refractivity contribution in [2.24, 2.45) is 0 Å². The molecule has 0 saturated heterocycles. The van der Waals surface area contributed by atoms with Crippen LogP contribution in [0.2, 0.25) is 0 Å². The second kappa shape index (κ2) is 9.61. The van der Waals surface area contributed by atoms with Gasteiger partial charge in [-0.25, -0.2) is 8.42 Å². The number of hydrogen-bond acceptors (Lipinski definition) is 4. The first-order valence-corrected chi connectivity index (χ1v) is 11.3. The smallest absolute Gasteiger partial charge is 0.416 e. The highest BCUT2D eigenvalue weighted by atomic mass is 79.9. The van der Waals surface area contributed by atoms with E-state index in [1.807, 2.05) is 6.07 Å². The van der Waals surface area contributed by atoms with Crippen LogP contribution in [0.25, 0.3) is 0 Å². The van der Waals surface area contributed by atoms with Crippen molar-refractivity contribution in [2.75, 3.05) is 16.6 Å². The van der Waals surface area contributed by atoms with E-state index in [0.29, 0.717) is 11.8 Å². The highest BCUT2D eigenvalue weighted by Gasteiger charge is 2.30. The Morgan fingerprint density at radius 2 is 1.59 bits per heavy atom. The van der Waals surface area contributed by atoms with Crippen LogP contribution in [-0.4, -0.2) is 20.9 Å². The topological polar surface area (TPSA) is 84.5 Å². The third-order valence-corrected chi connectivity index (χ3v) is 5.94. The van der Waals surface area contributed by atoms with Crippen molar-refractivity contribution in [3.05, 3.63) is 82.8 Å². The number of ether oxygens (including phenoxy) is 1. The summed E-state index contributed by atoms with van der Waals surface area (Å²) in [5, 5.41) is 2.65. The fraction of sp³-hybridized carbons (Fsp3) is 0.0952. The van der Waals surface area contributed by atoms with Gasteiger partial charge in [0.2, 0.25) is 0 Å². The summed E-state index contributed by atoms with van der Waals surface area (Å²) in [5.41, 5.74) is -0.609. The standard InChI is InChI=1S/C21H16BrF3N2O4S/c22-15-4-2-5-16(12-15)26-20(28)13-31-18-7-9-19(10-8-18)32(29,30)27-17-6-1-3-14(11-17)21(23,24)25/h1-12,27H,13H2,(H,26,28). The molecule has 1 amide bonds. The lowest BCUT2D eigenvalue weighted by molar-refractivity contribution is -0.137. The Bertz CT molecular complexity index is 1220. The zero-order valence-corrected chi connectivity index (χ0v) is 18.6. The largest absolute Gasteiger partial charge is 0.484 e. The van der Waals surface area contributed by atoms with Crippen LogP contribution in [0.4, 0.5) is 24.5 Å². The number of halogens is 4. The monoisotopic (exact) mass is 528 g/mol. The van der Waals surface area contributed by atoms with Crippen molar-refractivity contribution in [1.29, 1.82) is 0 Å². The molecule has 0 aliphatic carbocycles. The number of amides is 1. The molecule has 0 saturated carbocycles. The predicted molar refractivity (Wildman–Crippen MR) is 117 cm³/mol. The SMILES string of the molecule is O=C(COc1ccc(S(=O)(=O)Nc2cccc(C(F)(F)F)c2)cc1)Nc1cccc(Br)c1. The maximum atomic E-state index is 12.8. The van der Waals surface area contributed by atoms with Crippen molar-refractivity contribution in [3.8, 4) is 5.75 Å². The molecule has 2 N–H and O–H groups in total. The Hall–Kier alpha value is -3.05. The minimum atomic E-state index is -4.59. The summed E-state index contributed by atoms with van der Waals surface area (Å²) in [6.07, 6.45) is -4.59. The van der Waals surface area contributed by atoms with Crippen molar-refractivity contribution >= 4 is 43.2 Å². The van der Waals surface area contributed by atoms with E-state index in [1.54, 1.807) is 18.2 Å². The Morgan fingerprint density at radius 3 is 2.25 bits per heavy atom. The van der Waals surface area contributed by atoms with Gasteiger partial charge in [0, 0.05) is 15.8 Å². The van der Waals surface area contributed by atoms with E-state index >= 15 is 0 Å². The molecule has 0 radical (unpaired) electrons. The maximum Gasteiger partial charge on any atom is 0.416 e. The molecule has 0 atom stereocenters. The molecule has 0 spiro atoms. The minimum Gasteiger partial charge on any atom is -0.484 e. The number of alkyl halides is 3. The molecule has 3 rings (SSSR count). The van der Waals surface area contributed by atoms with E-state index < -0.39 is 27.7 Å². The summed E-state index contributed by atoms with van der Waals surface area (Å²) >= 11 is 3.30. The van der Waals surface area contributed by atoms with Crippen LogP contribution in [0.15, 0.2) is 82.2 Å². The number of carbonyl (C=O) groups excluding carboxylic acids is 1. The average Bonchev–Trinajstić information content (AvgIpc) is 2.72. The van der Waals surface area contributed by atoms with Gasteiger partial charge in [0.15, 0.2) is 6.61 Å². The lowest BCUT2D eigenvalue weighted by Gasteiger charge is -2.12. The number of anilines is 2. The zero-order chi connectivity index (χ0) is 23.4. The van der Waals surface area contributed by atoms with Gasteiger partial charge in [0.1, 0.15) is 5.75 Å². The highest BCUT2D eigenvalue weighted by molar-refractivity contribution is 9.10. The summed E-state index contributed by atoms with van der Waals surface area (Å²) in [7, 11) is -4.13. The number of nitrogens with one attached hydrogen (secondary N) is 2. The number of sulfonamides is 1. The number of rotatable bonds is 7.